The van der Waals surface area contributed by atoms with Crippen LogP contribution in [0.4, 0.5) is 30.5 Å². The van der Waals surface area contributed by atoms with Gasteiger partial charge in [0.2, 0.25) is 11.9 Å². The zero-order valence-electron chi connectivity index (χ0n) is 19.9. The van der Waals surface area contributed by atoms with E-state index in [1.165, 1.54) is 13.1 Å². The quantitative estimate of drug-likeness (QED) is 0.306. The first-order valence-electron chi connectivity index (χ1n) is 11.1. The third-order valence-corrected chi connectivity index (χ3v) is 5.28. The Morgan fingerprint density at radius 1 is 1.17 bits per heavy atom. The Kier molecular flexibility index (Phi) is 7.11. The highest BCUT2D eigenvalue weighted by molar-refractivity contribution is 5.95. The van der Waals surface area contributed by atoms with Gasteiger partial charge in [-0.3, -0.25) is 4.79 Å². The van der Waals surface area contributed by atoms with Crippen LogP contribution in [0.25, 0.3) is 22.2 Å². The topological polar surface area (TPSA) is 95.2 Å². The van der Waals surface area contributed by atoms with Gasteiger partial charge in [-0.05, 0) is 38.4 Å². The summed E-state index contributed by atoms with van der Waals surface area (Å²) in [6.07, 6.45) is -2.38. The van der Waals surface area contributed by atoms with Crippen LogP contribution in [0.5, 0.6) is 5.75 Å². The second-order valence-electron chi connectivity index (χ2n) is 8.37. The summed E-state index contributed by atoms with van der Waals surface area (Å²) in [6.45, 7) is 2.45. The van der Waals surface area contributed by atoms with Crippen molar-refractivity contribution in [2.75, 3.05) is 37.9 Å². The number of ether oxygens (including phenoxy) is 1. The number of halogens is 3. The van der Waals surface area contributed by atoms with Gasteiger partial charge in [0.15, 0.2) is 0 Å². The Bertz CT molecular complexity index is 1380. The Balaban J connectivity index is 1.68. The normalized spacial score (nSPS) is 11.6. The third-order valence-electron chi connectivity index (χ3n) is 5.28. The number of aromatic nitrogens is 3. The molecule has 0 aliphatic heterocycles. The van der Waals surface area contributed by atoms with E-state index >= 15 is 0 Å². The summed E-state index contributed by atoms with van der Waals surface area (Å²) in [5.41, 5.74) is 0.688. The average molecular weight is 499 g/mol. The summed E-state index contributed by atoms with van der Waals surface area (Å²) >= 11 is 0. The number of fused-ring (bicyclic) bond motifs is 1. The largest absolute Gasteiger partial charge is 0.490 e. The number of para-hydroxylation sites is 1. The van der Waals surface area contributed by atoms with Gasteiger partial charge in [-0.1, -0.05) is 18.2 Å². The second-order valence-corrected chi connectivity index (χ2v) is 8.37. The Labute approximate surface area is 205 Å². The Hall–Kier alpha value is -4.12. The van der Waals surface area contributed by atoms with E-state index in [-0.39, 0.29) is 17.5 Å². The van der Waals surface area contributed by atoms with Crippen molar-refractivity contribution < 1.29 is 22.7 Å². The van der Waals surface area contributed by atoms with Crippen LogP contribution in [-0.4, -0.2) is 53.0 Å². The van der Waals surface area contributed by atoms with Gasteiger partial charge < -0.3 is 25.3 Å². The Morgan fingerprint density at radius 2 is 1.94 bits per heavy atom. The van der Waals surface area contributed by atoms with Crippen LogP contribution in [0.2, 0.25) is 0 Å². The molecule has 0 aliphatic carbocycles. The van der Waals surface area contributed by atoms with Gasteiger partial charge in [0.05, 0.1) is 11.4 Å². The summed E-state index contributed by atoms with van der Waals surface area (Å²) < 4.78 is 47.2. The van der Waals surface area contributed by atoms with Crippen LogP contribution in [0, 0.1) is 0 Å². The molecule has 4 aromatic rings. The first-order chi connectivity index (χ1) is 17.1. The SMILES string of the molecule is CC(=O)Nc1cc(Nc2ncc(C(F)(F)F)c(-c3c[nH]c4ccccc34)n2)ccc1OCCN(C)C. The second kappa shape index (κ2) is 10.2. The molecule has 0 unspecified atom stereocenters. The number of carbonyl (C=O) groups excluding carboxylic acids is 1. The number of benzene rings is 2. The van der Waals surface area contributed by atoms with Gasteiger partial charge >= 0.3 is 6.18 Å². The van der Waals surface area contributed by atoms with E-state index in [1.54, 1.807) is 42.5 Å². The molecule has 0 atom stereocenters. The molecule has 0 saturated carbocycles. The number of anilines is 3. The van der Waals surface area contributed by atoms with E-state index in [4.69, 9.17) is 4.74 Å². The molecule has 188 valence electrons. The van der Waals surface area contributed by atoms with Gasteiger partial charge in [-0.25, -0.2) is 9.97 Å². The van der Waals surface area contributed by atoms with E-state index in [2.05, 4.69) is 25.6 Å². The molecule has 0 spiro atoms. The number of nitrogens with zero attached hydrogens (tertiary/aromatic N) is 3. The van der Waals surface area contributed by atoms with Gasteiger partial charge in [0.25, 0.3) is 0 Å². The lowest BCUT2D eigenvalue weighted by Gasteiger charge is -2.16. The van der Waals surface area contributed by atoms with E-state index in [9.17, 15) is 18.0 Å². The fourth-order valence-electron chi connectivity index (χ4n) is 3.61. The molecular formula is C25H25F3N6O2. The van der Waals surface area contributed by atoms with E-state index < -0.39 is 11.7 Å². The van der Waals surface area contributed by atoms with E-state index in [1.807, 2.05) is 19.0 Å². The predicted molar refractivity (Wildman–Crippen MR) is 132 cm³/mol. The lowest BCUT2D eigenvalue weighted by Crippen LogP contribution is -2.20. The monoisotopic (exact) mass is 498 g/mol. The van der Waals surface area contributed by atoms with Gasteiger partial charge in [-0.15, -0.1) is 0 Å². The minimum absolute atomic E-state index is 0.0293. The summed E-state index contributed by atoms with van der Waals surface area (Å²) in [5, 5.41) is 6.25. The van der Waals surface area contributed by atoms with Crippen molar-refractivity contribution in [2.45, 2.75) is 13.1 Å². The lowest BCUT2D eigenvalue weighted by molar-refractivity contribution is -0.137. The van der Waals surface area contributed by atoms with Gasteiger partial charge in [0, 0.05) is 48.0 Å². The van der Waals surface area contributed by atoms with Crippen molar-refractivity contribution in [1.29, 1.82) is 0 Å². The number of alkyl halides is 3. The molecule has 1 amide bonds. The highest BCUT2D eigenvalue weighted by Gasteiger charge is 2.36. The number of hydrogen-bond donors (Lipinski definition) is 3. The van der Waals surface area contributed by atoms with Crippen LogP contribution in [0.15, 0.2) is 54.9 Å². The molecule has 3 N–H and O–H groups in total. The summed E-state index contributed by atoms with van der Waals surface area (Å²) in [4.78, 5) is 24.8. The Morgan fingerprint density at radius 3 is 2.67 bits per heavy atom. The zero-order chi connectivity index (χ0) is 25.9. The van der Waals surface area contributed by atoms with E-state index in [0.29, 0.717) is 46.7 Å². The van der Waals surface area contributed by atoms with Crippen molar-refractivity contribution in [3.05, 3.63) is 60.4 Å². The molecule has 2 heterocycles. The molecule has 2 aromatic heterocycles. The number of rotatable bonds is 8. The molecule has 4 rings (SSSR count). The smallest absolute Gasteiger partial charge is 0.419 e. The molecule has 0 saturated heterocycles. The maximum absolute atomic E-state index is 13.8. The number of nitrogens with one attached hydrogen (secondary N) is 3. The van der Waals surface area contributed by atoms with Crippen molar-refractivity contribution in [3.8, 4) is 17.0 Å². The van der Waals surface area contributed by atoms with Crippen LogP contribution in [0.1, 0.15) is 12.5 Å². The molecule has 0 fully saturated rings. The average Bonchev–Trinajstić information content (AvgIpc) is 3.23. The van der Waals surface area contributed by atoms with Crippen LogP contribution in [-0.2, 0) is 11.0 Å². The van der Waals surface area contributed by atoms with Crippen molar-refractivity contribution in [2.24, 2.45) is 0 Å². The number of H-pyrrole nitrogens is 1. The molecule has 0 radical (unpaired) electrons. The molecular weight excluding hydrogens is 473 g/mol. The fraction of sp³-hybridized carbons (Fsp3) is 0.240. The fourth-order valence-corrected chi connectivity index (χ4v) is 3.61. The van der Waals surface area contributed by atoms with Crippen LogP contribution in [0.3, 0.4) is 0 Å². The van der Waals surface area contributed by atoms with Gasteiger partial charge in [0.1, 0.15) is 17.9 Å². The number of likely N-dealkylation sites (N-methyl/N-ethyl adjacent to an activating group) is 1. The highest BCUT2D eigenvalue weighted by atomic mass is 19.4. The minimum atomic E-state index is -4.64. The molecule has 11 heteroatoms. The van der Waals surface area contributed by atoms with Gasteiger partial charge in [-0.2, -0.15) is 13.2 Å². The van der Waals surface area contributed by atoms with Crippen molar-refractivity contribution in [3.63, 3.8) is 0 Å². The minimum Gasteiger partial charge on any atom is -0.490 e. The molecule has 0 aliphatic rings. The van der Waals surface area contributed by atoms with Crippen LogP contribution >= 0.6 is 0 Å². The van der Waals surface area contributed by atoms with Crippen molar-refractivity contribution in [1.82, 2.24) is 19.9 Å². The van der Waals surface area contributed by atoms with Crippen LogP contribution < -0.4 is 15.4 Å². The first kappa shape index (κ1) is 25.0. The zero-order valence-corrected chi connectivity index (χ0v) is 19.9. The predicted octanol–water partition coefficient (Wildman–Crippen LogP) is 5.29. The highest BCUT2D eigenvalue weighted by Crippen LogP contribution is 2.39. The number of carbonyl (C=O) groups is 1. The maximum Gasteiger partial charge on any atom is 0.419 e. The van der Waals surface area contributed by atoms with E-state index in [0.717, 1.165) is 6.20 Å². The molecule has 8 nitrogen and oxygen atoms in total. The molecule has 36 heavy (non-hydrogen) atoms. The van der Waals surface area contributed by atoms with Crippen molar-refractivity contribution >= 4 is 34.1 Å². The third kappa shape index (κ3) is 5.74. The molecule has 2 aromatic carbocycles. The number of aromatic amines is 1. The summed E-state index contributed by atoms with van der Waals surface area (Å²) in [5.74, 6) is 0.140. The first-order valence-corrected chi connectivity index (χ1v) is 11.1. The summed E-state index contributed by atoms with van der Waals surface area (Å²) in [6, 6.07) is 12.0. The summed E-state index contributed by atoms with van der Waals surface area (Å²) in [7, 11) is 3.83. The molecule has 0 bridgehead atoms. The maximum atomic E-state index is 13.8. The number of amides is 1. The lowest BCUT2D eigenvalue weighted by atomic mass is 10.1. The standard InChI is InChI=1S/C25H25F3N6O2/c1-15(35)31-21-12-16(8-9-22(21)36-11-10-34(2)3)32-24-30-14-19(25(26,27)28)23(33-24)18-13-29-20-7-5-4-6-17(18)20/h4-9,12-14,29H,10-11H2,1-3H3,(H,31,35)(H,30,32,33). The number of hydrogen-bond acceptors (Lipinski definition) is 6.